The number of sulfonamides is 1. The largest absolute Gasteiger partial charge is 0.392 e. The Kier molecular flexibility index (Phi) is 4.46. The molecule has 1 aromatic carbocycles. The Morgan fingerprint density at radius 3 is 2.55 bits per heavy atom. The van der Waals surface area contributed by atoms with Gasteiger partial charge in [0.1, 0.15) is 5.82 Å². The first-order valence-electron chi connectivity index (χ1n) is 6.80. The van der Waals surface area contributed by atoms with Crippen molar-refractivity contribution in [1.82, 2.24) is 4.31 Å². The fraction of sp³-hybridized carbons (Fsp3) is 0.571. The number of hydrogen-bond donors (Lipinski definition) is 1. The maximum absolute atomic E-state index is 13.7. The summed E-state index contributed by atoms with van der Waals surface area (Å²) in [5.41, 5.74) is 0.253. The van der Waals surface area contributed by atoms with Crippen LogP contribution in [0.1, 0.15) is 30.9 Å². The molecular formula is C14H20FNO3S. The molecule has 0 radical (unpaired) electrons. The van der Waals surface area contributed by atoms with E-state index in [1.807, 2.05) is 0 Å². The van der Waals surface area contributed by atoms with E-state index in [4.69, 9.17) is 5.11 Å². The van der Waals surface area contributed by atoms with Crippen molar-refractivity contribution in [3.63, 3.8) is 0 Å². The van der Waals surface area contributed by atoms with Crippen molar-refractivity contribution in [2.45, 2.75) is 38.2 Å². The first kappa shape index (κ1) is 15.4. The van der Waals surface area contributed by atoms with Crippen LogP contribution < -0.4 is 0 Å². The van der Waals surface area contributed by atoms with Gasteiger partial charge in [0.05, 0.1) is 11.5 Å². The Morgan fingerprint density at radius 1 is 1.40 bits per heavy atom. The monoisotopic (exact) mass is 301 g/mol. The second-order valence-electron chi connectivity index (χ2n) is 5.27. The van der Waals surface area contributed by atoms with Gasteiger partial charge in [0.25, 0.3) is 0 Å². The quantitative estimate of drug-likeness (QED) is 0.875. The van der Waals surface area contributed by atoms with Crippen LogP contribution in [0.2, 0.25) is 0 Å². The lowest BCUT2D eigenvalue weighted by molar-refractivity contribution is 0.275. The van der Waals surface area contributed by atoms with Crippen molar-refractivity contribution in [1.29, 1.82) is 0 Å². The summed E-state index contributed by atoms with van der Waals surface area (Å²) >= 11 is 0. The molecule has 6 heteroatoms. The van der Waals surface area contributed by atoms with Crippen molar-refractivity contribution in [2.24, 2.45) is 5.92 Å². The number of hydrogen-bond acceptors (Lipinski definition) is 3. The van der Waals surface area contributed by atoms with Crippen molar-refractivity contribution >= 4 is 10.0 Å². The molecule has 1 N–H and O–H groups in total. The number of nitrogens with zero attached hydrogens (tertiary/aromatic N) is 1. The van der Waals surface area contributed by atoms with Crippen LogP contribution in [0, 0.1) is 18.7 Å². The van der Waals surface area contributed by atoms with E-state index in [1.165, 1.54) is 23.4 Å². The smallest absolute Gasteiger partial charge is 0.243 e. The number of aliphatic hydroxyl groups is 1. The Morgan fingerprint density at radius 2 is 2.05 bits per heavy atom. The zero-order chi connectivity index (χ0) is 14.9. The van der Waals surface area contributed by atoms with Crippen LogP contribution in [0.4, 0.5) is 4.39 Å². The minimum Gasteiger partial charge on any atom is -0.392 e. The summed E-state index contributed by atoms with van der Waals surface area (Å²) in [6.45, 7) is 3.70. The van der Waals surface area contributed by atoms with E-state index in [2.05, 4.69) is 0 Å². The van der Waals surface area contributed by atoms with Crippen LogP contribution in [0.3, 0.4) is 0 Å². The molecule has 1 saturated carbocycles. The zero-order valence-electron chi connectivity index (χ0n) is 11.8. The van der Waals surface area contributed by atoms with Crippen LogP contribution in [-0.2, 0) is 16.6 Å². The second kappa shape index (κ2) is 5.79. The molecule has 0 aliphatic heterocycles. The molecular weight excluding hydrogens is 281 g/mol. The van der Waals surface area contributed by atoms with Gasteiger partial charge in [-0.2, -0.15) is 4.31 Å². The third-order valence-electron chi connectivity index (χ3n) is 3.62. The molecule has 2 rings (SSSR count). The van der Waals surface area contributed by atoms with E-state index in [-0.39, 0.29) is 16.0 Å². The van der Waals surface area contributed by atoms with Crippen molar-refractivity contribution in [3.8, 4) is 0 Å². The summed E-state index contributed by atoms with van der Waals surface area (Å²) in [5, 5.41) is 9.14. The highest BCUT2D eigenvalue weighted by molar-refractivity contribution is 7.89. The summed E-state index contributed by atoms with van der Waals surface area (Å²) in [6, 6.07) is 2.56. The lowest BCUT2D eigenvalue weighted by Crippen LogP contribution is -2.33. The first-order chi connectivity index (χ1) is 9.40. The van der Waals surface area contributed by atoms with E-state index < -0.39 is 22.4 Å². The molecule has 4 nitrogen and oxygen atoms in total. The van der Waals surface area contributed by atoms with E-state index in [1.54, 1.807) is 6.92 Å². The number of rotatable bonds is 6. The minimum atomic E-state index is -3.62. The van der Waals surface area contributed by atoms with E-state index in [9.17, 15) is 12.8 Å². The van der Waals surface area contributed by atoms with E-state index in [0.717, 1.165) is 12.8 Å². The third kappa shape index (κ3) is 3.02. The van der Waals surface area contributed by atoms with Crippen LogP contribution in [0.25, 0.3) is 0 Å². The SMILES string of the molecule is CCN(CC1CC1)S(=O)(=O)c1cc(C)c(F)c(CO)c1. The average molecular weight is 301 g/mol. The zero-order valence-corrected chi connectivity index (χ0v) is 12.6. The summed E-state index contributed by atoms with van der Waals surface area (Å²) < 4.78 is 40.3. The predicted octanol–water partition coefficient (Wildman–Crippen LogP) is 2.05. The Balaban J connectivity index is 2.39. The topological polar surface area (TPSA) is 57.6 Å². The first-order valence-corrected chi connectivity index (χ1v) is 8.24. The molecule has 0 heterocycles. The normalized spacial score (nSPS) is 15.8. The maximum atomic E-state index is 13.7. The van der Waals surface area contributed by atoms with Gasteiger partial charge in [0.15, 0.2) is 0 Å². The molecule has 1 fully saturated rings. The molecule has 0 saturated heterocycles. The molecule has 0 bridgehead atoms. The minimum absolute atomic E-state index is 0.0195. The van der Waals surface area contributed by atoms with Gasteiger partial charge in [-0.3, -0.25) is 0 Å². The summed E-state index contributed by atoms with van der Waals surface area (Å²) in [7, 11) is -3.62. The molecule has 0 atom stereocenters. The fourth-order valence-corrected chi connectivity index (χ4v) is 3.87. The number of aryl methyl sites for hydroxylation is 1. The highest BCUT2D eigenvalue weighted by Gasteiger charge is 2.31. The van der Waals surface area contributed by atoms with Gasteiger partial charge in [0, 0.05) is 18.7 Å². The molecule has 1 aromatic rings. The van der Waals surface area contributed by atoms with Gasteiger partial charge in [-0.1, -0.05) is 6.92 Å². The Bertz CT molecular complexity index is 597. The third-order valence-corrected chi connectivity index (χ3v) is 5.54. The van der Waals surface area contributed by atoms with Gasteiger partial charge in [-0.15, -0.1) is 0 Å². The molecule has 112 valence electrons. The summed E-state index contributed by atoms with van der Waals surface area (Å²) in [6.07, 6.45) is 2.13. The van der Waals surface area contributed by atoms with E-state index >= 15 is 0 Å². The summed E-state index contributed by atoms with van der Waals surface area (Å²) in [5.74, 6) is -0.0970. The van der Waals surface area contributed by atoms with Crippen LogP contribution >= 0.6 is 0 Å². The van der Waals surface area contributed by atoms with Gasteiger partial charge < -0.3 is 5.11 Å². The predicted molar refractivity (Wildman–Crippen MR) is 74.2 cm³/mol. The molecule has 0 amide bonds. The lowest BCUT2D eigenvalue weighted by Gasteiger charge is -2.21. The number of benzene rings is 1. The van der Waals surface area contributed by atoms with Crippen molar-refractivity contribution in [2.75, 3.05) is 13.1 Å². The average Bonchev–Trinajstić information content (AvgIpc) is 3.22. The number of halogens is 1. The van der Waals surface area contributed by atoms with Crippen LogP contribution in [0.5, 0.6) is 0 Å². The van der Waals surface area contributed by atoms with Crippen LogP contribution in [-0.4, -0.2) is 30.9 Å². The molecule has 20 heavy (non-hydrogen) atoms. The molecule has 1 aliphatic carbocycles. The van der Waals surface area contributed by atoms with Crippen molar-refractivity contribution in [3.05, 3.63) is 29.1 Å². The van der Waals surface area contributed by atoms with Gasteiger partial charge in [-0.25, -0.2) is 12.8 Å². The molecule has 1 aliphatic rings. The molecule has 0 unspecified atom stereocenters. The molecule has 0 spiro atoms. The maximum Gasteiger partial charge on any atom is 0.243 e. The number of aliphatic hydroxyl groups excluding tert-OH is 1. The summed E-state index contributed by atoms with van der Waals surface area (Å²) in [4.78, 5) is 0.0583. The Labute approximate surface area is 119 Å². The van der Waals surface area contributed by atoms with E-state index in [0.29, 0.717) is 19.0 Å². The van der Waals surface area contributed by atoms with Gasteiger partial charge in [0.2, 0.25) is 10.0 Å². The standard InChI is InChI=1S/C14H20FNO3S/c1-3-16(8-11-4-5-11)20(18,19)13-6-10(2)14(15)12(7-13)9-17/h6-7,11,17H,3-5,8-9H2,1-2H3. The van der Waals surface area contributed by atoms with Crippen LogP contribution in [0.15, 0.2) is 17.0 Å². The van der Waals surface area contributed by atoms with Crippen molar-refractivity contribution < 1.29 is 17.9 Å². The highest BCUT2D eigenvalue weighted by Crippen LogP contribution is 2.32. The lowest BCUT2D eigenvalue weighted by atomic mass is 10.1. The Hall–Kier alpha value is -0.980. The molecule has 0 aromatic heterocycles. The second-order valence-corrected chi connectivity index (χ2v) is 7.21. The fourth-order valence-electron chi connectivity index (χ4n) is 2.21. The highest BCUT2D eigenvalue weighted by atomic mass is 32.2. The van der Waals surface area contributed by atoms with Gasteiger partial charge in [-0.05, 0) is 43.4 Å². The van der Waals surface area contributed by atoms with Gasteiger partial charge >= 0.3 is 0 Å².